The van der Waals surface area contributed by atoms with Gasteiger partial charge < -0.3 is 4.57 Å². The van der Waals surface area contributed by atoms with Gasteiger partial charge >= 0.3 is 0 Å². The van der Waals surface area contributed by atoms with Crippen LogP contribution in [0.4, 0.5) is 0 Å². The molecule has 3 aromatic rings. The molecule has 1 aliphatic rings. The Balaban J connectivity index is 1.79. The van der Waals surface area contributed by atoms with Crippen LogP contribution >= 0.6 is 11.6 Å². The van der Waals surface area contributed by atoms with Crippen LogP contribution < -0.4 is 0 Å². The molecule has 1 aromatic heterocycles. The molecule has 0 aliphatic carbocycles. The van der Waals surface area contributed by atoms with E-state index in [4.69, 9.17) is 16.6 Å². The summed E-state index contributed by atoms with van der Waals surface area (Å²) in [4.78, 5) is 7.49. The van der Waals surface area contributed by atoms with Gasteiger partial charge in [0.25, 0.3) is 0 Å². The number of fused-ring (bicyclic) bond motifs is 1. The SMILES string of the molecule is C[C@@H](c1nc2ccccc2n1Cc1ccccc1Cl)N1CCCC1. The van der Waals surface area contributed by atoms with E-state index in [1.54, 1.807) is 0 Å². The number of rotatable bonds is 4. The van der Waals surface area contributed by atoms with Crippen LogP contribution in [0.2, 0.25) is 5.02 Å². The number of halogens is 1. The van der Waals surface area contributed by atoms with E-state index in [0.29, 0.717) is 6.04 Å². The van der Waals surface area contributed by atoms with Crippen molar-refractivity contribution in [1.82, 2.24) is 14.5 Å². The molecule has 0 radical (unpaired) electrons. The lowest BCUT2D eigenvalue weighted by Crippen LogP contribution is -2.26. The normalized spacial score (nSPS) is 16.8. The molecular formula is C20H22ClN3. The van der Waals surface area contributed by atoms with Crippen molar-refractivity contribution in [2.45, 2.75) is 32.4 Å². The fraction of sp³-hybridized carbons (Fsp3) is 0.350. The number of para-hydroxylation sites is 2. The number of likely N-dealkylation sites (tertiary alicyclic amines) is 1. The van der Waals surface area contributed by atoms with Crippen LogP contribution in [0.5, 0.6) is 0 Å². The van der Waals surface area contributed by atoms with Gasteiger partial charge in [0.05, 0.1) is 23.6 Å². The zero-order chi connectivity index (χ0) is 16.5. The molecular weight excluding hydrogens is 318 g/mol. The van der Waals surface area contributed by atoms with Gasteiger partial charge in [-0.25, -0.2) is 4.98 Å². The minimum Gasteiger partial charge on any atom is -0.322 e. The average molecular weight is 340 g/mol. The number of hydrogen-bond donors (Lipinski definition) is 0. The largest absolute Gasteiger partial charge is 0.322 e. The van der Waals surface area contributed by atoms with Crippen molar-refractivity contribution in [3.05, 3.63) is 64.9 Å². The Bertz CT molecular complexity index is 849. The van der Waals surface area contributed by atoms with Gasteiger partial charge in [-0.2, -0.15) is 0 Å². The van der Waals surface area contributed by atoms with Crippen LogP contribution in [0.1, 0.15) is 37.2 Å². The third-order valence-corrected chi connectivity index (χ3v) is 5.40. The van der Waals surface area contributed by atoms with Gasteiger partial charge in [0, 0.05) is 5.02 Å². The second-order valence-electron chi connectivity index (χ2n) is 6.56. The van der Waals surface area contributed by atoms with Crippen molar-refractivity contribution in [3.8, 4) is 0 Å². The van der Waals surface area contributed by atoms with Gasteiger partial charge in [0.15, 0.2) is 0 Å². The molecule has 1 atom stereocenters. The maximum atomic E-state index is 6.41. The van der Waals surface area contributed by atoms with Gasteiger partial charge in [0.2, 0.25) is 0 Å². The molecule has 1 aliphatic heterocycles. The summed E-state index contributed by atoms with van der Waals surface area (Å²) in [5.74, 6) is 1.14. The third kappa shape index (κ3) is 2.83. The summed E-state index contributed by atoms with van der Waals surface area (Å²) in [6, 6.07) is 16.8. The molecule has 0 saturated carbocycles. The van der Waals surface area contributed by atoms with Crippen LogP contribution in [0.25, 0.3) is 11.0 Å². The Morgan fingerprint density at radius 3 is 2.54 bits per heavy atom. The summed E-state index contributed by atoms with van der Waals surface area (Å²) in [5.41, 5.74) is 3.38. The molecule has 24 heavy (non-hydrogen) atoms. The van der Waals surface area contributed by atoms with Crippen LogP contribution in [0, 0.1) is 0 Å². The monoisotopic (exact) mass is 339 g/mol. The summed E-state index contributed by atoms with van der Waals surface area (Å²) in [6.07, 6.45) is 2.57. The van der Waals surface area contributed by atoms with Gasteiger partial charge in [-0.05, 0) is 56.6 Å². The minimum atomic E-state index is 0.322. The summed E-state index contributed by atoms with van der Waals surface area (Å²) < 4.78 is 2.33. The highest BCUT2D eigenvalue weighted by molar-refractivity contribution is 6.31. The summed E-state index contributed by atoms with van der Waals surface area (Å²) in [7, 11) is 0. The number of hydrogen-bond acceptors (Lipinski definition) is 2. The van der Waals surface area contributed by atoms with E-state index in [0.717, 1.165) is 41.6 Å². The molecule has 1 fully saturated rings. The zero-order valence-corrected chi connectivity index (χ0v) is 14.7. The van der Waals surface area contributed by atoms with E-state index >= 15 is 0 Å². The van der Waals surface area contributed by atoms with Crippen LogP contribution in [0.15, 0.2) is 48.5 Å². The summed E-state index contributed by atoms with van der Waals surface area (Å²) in [5, 5.41) is 0.815. The van der Waals surface area contributed by atoms with E-state index in [-0.39, 0.29) is 0 Å². The lowest BCUT2D eigenvalue weighted by Gasteiger charge is -2.24. The molecule has 0 spiro atoms. The third-order valence-electron chi connectivity index (χ3n) is 5.03. The molecule has 2 heterocycles. The molecule has 0 unspecified atom stereocenters. The average Bonchev–Trinajstić information content (AvgIpc) is 3.25. The Kier molecular flexibility index (Phi) is 4.30. The molecule has 3 nitrogen and oxygen atoms in total. The van der Waals surface area contributed by atoms with Crippen LogP contribution in [-0.4, -0.2) is 27.5 Å². The Labute approximate surface area is 147 Å². The van der Waals surface area contributed by atoms with Gasteiger partial charge in [-0.15, -0.1) is 0 Å². The number of imidazole rings is 1. The van der Waals surface area contributed by atoms with Crippen molar-refractivity contribution in [3.63, 3.8) is 0 Å². The maximum absolute atomic E-state index is 6.41. The molecule has 124 valence electrons. The number of benzene rings is 2. The molecule has 2 aromatic carbocycles. The predicted molar refractivity (Wildman–Crippen MR) is 99.5 cm³/mol. The van der Waals surface area contributed by atoms with Crippen molar-refractivity contribution >= 4 is 22.6 Å². The summed E-state index contributed by atoms with van der Waals surface area (Å²) >= 11 is 6.41. The van der Waals surface area contributed by atoms with E-state index in [1.807, 2.05) is 18.2 Å². The van der Waals surface area contributed by atoms with E-state index in [9.17, 15) is 0 Å². The second-order valence-corrected chi connectivity index (χ2v) is 6.96. The topological polar surface area (TPSA) is 21.1 Å². The second kappa shape index (κ2) is 6.58. The van der Waals surface area contributed by atoms with Gasteiger partial charge in [-0.3, -0.25) is 4.90 Å². The van der Waals surface area contributed by atoms with E-state index < -0.39 is 0 Å². The fourth-order valence-corrected chi connectivity index (χ4v) is 3.86. The Morgan fingerprint density at radius 1 is 1.04 bits per heavy atom. The fourth-order valence-electron chi connectivity index (χ4n) is 3.67. The maximum Gasteiger partial charge on any atom is 0.127 e. The standard InChI is InChI=1S/C20H22ClN3/c1-15(23-12-6-7-13-23)20-22-18-10-4-5-11-19(18)24(20)14-16-8-2-3-9-17(16)21/h2-5,8-11,15H,6-7,12-14H2,1H3/t15-/m0/s1. The highest BCUT2D eigenvalue weighted by atomic mass is 35.5. The van der Waals surface area contributed by atoms with Crippen molar-refractivity contribution in [2.75, 3.05) is 13.1 Å². The van der Waals surface area contributed by atoms with Crippen molar-refractivity contribution < 1.29 is 0 Å². The lowest BCUT2D eigenvalue weighted by molar-refractivity contribution is 0.249. The lowest BCUT2D eigenvalue weighted by atomic mass is 10.2. The predicted octanol–water partition coefficient (Wildman–Crippen LogP) is 4.89. The number of aromatic nitrogens is 2. The molecule has 1 saturated heterocycles. The molecule has 0 N–H and O–H groups in total. The highest BCUT2D eigenvalue weighted by Crippen LogP contribution is 2.29. The van der Waals surface area contributed by atoms with Gasteiger partial charge in [-0.1, -0.05) is 41.9 Å². The quantitative estimate of drug-likeness (QED) is 0.674. The van der Waals surface area contributed by atoms with E-state index in [1.165, 1.54) is 18.4 Å². The molecule has 4 rings (SSSR count). The first-order chi connectivity index (χ1) is 11.7. The van der Waals surface area contributed by atoms with Crippen LogP contribution in [-0.2, 0) is 6.54 Å². The van der Waals surface area contributed by atoms with Crippen LogP contribution in [0.3, 0.4) is 0 Å². The first kappa shape index (κ1) is 15.7. The summed E-state index contributed by atoms with van der Waals surface area (Å²) in [6.45, 7) is 5.36. The first-order valence-corrected chi connectivity index (χ1v) is 9.04. The van der Waals surface area contributed by atoms with E-state index in [2.05, 4.69) is 46.7 Å². The molecule has 0 amide bonds. The highest BCUT2D eigenvalue weighted by Gasteiger charge is 2.24. The molecule has 4 heteroatoms. The first-order valence-electron chi connectivity index (χ1n) is 8.66. The van der Waals surface area contributed by atoms with Gasteiger partial charge in [0.1, 0.15) is 5.82 Å². The smallest absolute Gasteiger partial charge is 0.127 e. The Hall–Kier alpha value is -1.84. The Morgan fingerprint density at radius 2 is 1.75 bits per heavy atom. The molecule has 0 bridgehead atoms. The van der Waals surface area contributed by atoms with Crippen molar-refractivity contribution in [2.24, 2.45) is 0 Å². The number of nitrogens with zero attached hydrogens (tertiary/aromatic N) is 3. The van der Waals surface area contributed by atoms with Crippen molar-refractivity contribution in [1.29, 1.82) is 0 Å². The minimum absolute atomic E-state index is 0.322. The zero-order valence-electron chi connectivity index (χ0n) is 14.0.